The monoisotopic (exact) mass is 224 g/mol. The number of rotatable bonds is 3. The SMILES string of the molecule is C=CC(C)C1(C(C)C)C(=O)NC(=O)NC1=O. The maximum atomic E-state index is 11.9. The largest absolute Gasteiger partial charge is 0.328 e. The molecule has 5 nitrogen and oxygen atoms in total. The zero-order valence-electron chi connectivity index (χ0n) is 9.66. The van der Waals surface area contributed by atoms with Crippen LogP contribution in [0.25, 0.3) is 0 Å². The Morgan fingerprint density at radius 1 is 1.12 bits per heavy atom. The summed E-state index contributed by atoms with van der Waals surface area (Å²) in [6, 6.07) is -0.762. The molecule has 0 aromatic rings. The number of amides is 4. The van der Waals surface area contributed by atoms with Gasteiger partial charge in [0.25, 0.3) is 0 Å². The number of allylic oxidation sites excluding steroid dienone is 1. The van der Waals surface area contributed by atoms with Gasteiger partial charge in [-0.25, -0.2) is 4.79 Å². The molecule has 1 aliphatic heterocycles. The Labute approximate surface area is 94.3 Å². The van der Waals surface area contributed by atoms with Crippen molar-refractivity contribution in [2.45, 2.75) is 20.8 Å². The van der Waals surface area contributed by atoms with Gasteiger partial charge in [0.15, 0.2) is 0 Å². The normalized spacial score (nSPS) is 21.4. The molecule has 1 unspecified atom stereocenters. The average Bonchev–Trinajstić information content (AvgIpc) is 2.15. The summed E-state index contributed by atoms with van der Waals surface area (Å²) < 4.78 is 0. The molecule has 0 aromatic heterocycles. The zero-order chi connectivity index (χ0) is 12.5. The predicted molar refractivity (Wildman–Crippen MR) is 58.3 cm³/mol. The third-order valence-electron chi connectivity index (χ3n) is 3.19. The summed E-state index contributed by atoms with van der Waals surface area (Å²) in [7, 11) is 0. The summed E-state index contributed by atoms with van der Waals surface area (Å²) in [5, 5.41) is 4.28. The van der Waals surface area contributed by atoms with Gasteiger partial charge in [-0.1, -0.05) is 26.8 Å². The molecule has 16 heavy (non-hydrogen) atoms. The molecule has 88 valence electrons. The Kier molecular flexibility index (Phi) is 3.16. The quantitative estimate of drug-likeness (QED) is 0.550. The molecule has 1 fully saturated rings. The Morgan fingerprint density at radius 2 is 1.56 bits per heavy atom. The van der Waals surface area contributed by atoms with Crippen LogP contribution >= 0.6 is 0 Å². The van der Waals surface area contributed by atoms with E-state index >= 15 is 0 Å². The van der Waals surface area contributed by atoms with Crippen molar-refractivity contribution >= 4 is 17.8 Å². The number of hydrogen-bond acceptors (Lipinski definition) is 3. The summed E-state index contributed by atoms with van der Waals surface area (Å²) in [5.41, 5.74) is -1.25. The highest BCUT2D eigenvalue weighted by molar-refractivity contribution is 6.19. The lowest BCUT2D eigenvalue weighted by atomic mass is 9.66. The Balaban J connectivity index is 3.28. The summed E-state index contributed by atoms with van der Waals surface area (Å²) in [6.45, 7) is 8.89. The van der Waals surface area contributed by atoms with Crippen molar-refractivity contribution in [2.75, 3.05) is 0 Å². The molecule has 5 heteroatoms. The van der Waals surface area contributed by atoms with Crippen molar-refractivity contribution in [1.82, 2.24) is 10.6 Å². The second-order valence-corrected chi connectivity index (χ2v) is 4.29. The van der Waals surface area contributed by atoms with E-state index in [0.29, 0.717) is 0 Å². The van der Waals surface area contributed by atoms with Gasteiger partial charge in [0, 0.05) is 0 Å². The minimum atomic E-state index is -1.25. The van der Waals surface area contributed by atoms with Crippen molar-refractivity contribution in [3.8, 4) is 0 Å². The summed E-state index contributed by atoms with van der Waals surface area (Å²) in [6.07, 6.45) is 1.55. The smallest absolute Gasteiger partial charge is 0.277 e. The zero-order valence-corrected chi connectivity index (χ0v) is 9.66. The fraction of sp³-hybridized carbons (Fsp3) is 0.545. The molecule has 1 aliphatic rings. The lowest BCUT2D eigenvalue weighted by molar-refractivity contribution is -0.150. The van der Waals surface area contributed by atoms with Crippen LogP contribution < -0.4 is 10.6 Å². The lowest BCUT2D eigenvalue weighted by Gasteiger charge is -2.40. The van der Waals surface area contributed by atoms with Crippen LogP contribution in [0.1, 0.15) is 20.8 Å². The van der Waals surface area contributed by atoms with Crippen LogP contribution in [-0.2, 0) is 9.59 Å². The molecule has 0 aromatic carbocycles. The van der Waals surface area contributed by atoms with Gasteiger partial charge in [-0.05, 0) is 11.8 Å². The van der Waals surface area contributed by atoms with Crippen LogP contribution in [0.4, 0.5) is 4.79 Å². The molecule has 0 aliphatic carbocycles. The highest BCUT2D eigenvalue weighted by Crippen LogP contribution is 2.38. The Hall–Kier alpha value is -1.65. The third kappa shape index (κ3) is 1.52. The van der Waals surface area contributed by atoms with Crippen molar-refractivity contribution < 1.29 is 14.4 Å². The average molecular weight is 224 g/mol. The second kappa shape index (κ2) is 4.08. The number of urea groups is 1. The van der Waals surface area contributed by atoms with E-state index in [9.17, 15) is 14.4 Å². The minimum Gasteiger partial charge on any atom is -0.277 e. The van der Waals surface area contributed by atoms with E-state index in [-0.39, 0.29) is 11.8 Å². The predicted octanol–water partition coefficient (Wildman–Crippen LogP) is 0.817. The maximum absolute atomic E-state index is 11.9. The van der Waals surface area contributed by atoms with Crippen LogP contribution in [0.3, 0.4) is 0 Å². The highest BCUT2D eigenvalue weighted by atomic mass is 16.2. The van der Waals surface area contributed by atoms with Gasteiger partial charge in [-0.15, -0.1) is 6.58 Å². The van der Waals surface area contributed by atoms with E-state index in [2.05, 4.69) is 17.2 Å². The molecule has 1 rings (SSSR count). The van der Waals surface area contributed by atoms with E-state index in [1.54, 1.807) is 26.8 Å². The van der Waals surface area contributed by atoms with Crippen molar-refractivity contribution in [3.05, 3.63) is 12.7 Å². The topological polar surface area (TPSA) is 75.3 Å². The molecule has 1 saturated heterocycles. The maximum Gasteiger partial charge on any atom is 0.328 e. The fourth-order valence-electron chi connectivity index (χ4n) is 2.20. The van der Waals surface area contributed by atoms with E-state index < -0.39 is 23.3 Å². The summed E-state index contributed by atoms with van der Waals surface area (Å²) in [4.78, 5) is 34.9. The standard InChI is InChI=1S/C11H16N2O3/c1-5-7(4)11(6(2)3)8(14)12-10(16)13-9(11)15/h5-7H,1H2,2-4H3,(H2,12,13,14,15,16). The third-order valence-corrected chi connectivity index (χ3v) is 3.19. The van der Waals surface area contributed by atoms with Crippen molar-refractivity contribution in [2.24, 2.45) is 17.3 Å². The molecule has 0 bridgehead atoms. The van der Waals surface area contributed by atoms with Gasteiger partial charge >= 0.3 is 6.03 Å². The summed E-state index contributed by atoms with van der Waals surface area (Å²) in [5.74, 6) is -1.68. The van der Waals surface area contributed by atoms with Crippen molar-refractivity contribution in [1.29, 1.82) is 0 Å². The van der Waals surface area contributed by atoms with Gasteiger partial charge in [-0.3, -0.25) is 20.2 Å². The molecule has 1 atom stereocenters. The lowest BCUT2D eigenvalue weighted by Crippen LogP contribution is -2.66. The first-order chi connectivity index (χ1) is 7.37. The highest BCUT2D eigenvalue weighted by Gasteiger charge is 2.55. The second-order valence-electron chi connectivity index (χ2n) is 4.29. The van der Waals surface area contributed by atoms with E-state index in [4.69, 9.17) is 0 Å². The van der Waals surface area contributed by atoms with Gasteiger partial charge in [0.2, 0.25) is 11.8 Å². The first kappa shape index (κ1) is 12.4. The Bertz CT molecular complexity index is 340. The Morgan fingerprint density at radius 3 is 1.88 bits per heavy atom. The van der Waals surface area contributed by atoms with Crippen LogP contribution in [0.5, 0.6) is 0 Å². The first-order valence-corrected chi connectivity index (χ1v) is 5.16. The number of barbiturate groups is 1. The number of imide groups is 2. The fourth-order valence-corrected chi connectivity index (χ4v) is 2.20. The minimum absolute atomic E-state index is 0.228. The molecular weight excluding hydrogens is 208 g/mol. The van der Waals surface area contributed by atoms with Gasteiger partial charge in [0.1, 0.15) is 5.41 Å². The molecule has 4 amide bonds. The molecule has 2 N–H and O–H groups in total. The number of nitrogens with one attached hydrogen (secondary N) is 2. The molecular formula is C11H16N2O3. The number of carbonyl (C=O) groups is 3. The molecule has 0 saturated carbocycles. The molecule has 0 radical (unpaired) electrons. The van der Waals surface area contributed by atoms with Gasteiger partial charge < -0.3 is 0 Å². The molecule has 1 heterocycles. The summed E-state index contributed by atoms with van der Waals surface area (Å²) >= 11 is 0. The van der Waals surface area contributed by atoms with Gasteiger partial charge in [-0.2, -0.15) is 0 Å². The van der Waals surface area contributed by atoms with E-state index in [1.807, 2.05) is 0 Å². The number of carbonyl (C=O) groups excluding carboxylic acids is 3. The van der Waals surface area contributed by atoms with Crippen LogP contribution in [0.15, 0.2) is 12.7 Å². The van der Waals surface area contributed by atoms with E-state index in [1.165, 1.54) is 0 Å². The van der Waals surface area contributed by atoms with Gasteiger partial charge in [0.05, 0.1) is 0 Å². The van der Waals surface area contributed by atoms with Crippen LogP contribution in [-0.4, -0.2) is 17.8 Å². The van der Waals surface area contributed by atoms with E-state index in [0.717, 1.165) is 0 Å². The first-order valence-electron chi connectivity index (χ1n) is 5.16. The molecule has 0 spiro atoms. The number of hydrogen-bond donors (Lipinski definition) is 2. The van der Waals surface area contributed by atoms with Crippen molar-refractivity contribution in [3.63, 3.8) is 0 Å². The van der Waals surface area contributed by atoms with Crippen LogP contribution in [0, 0.1) is 17.3 Å². The van der Waals surface area contributed by atoms with Crippen LogP contribution in [0.2, 0.25) is 0 Å².